The van der Waals surface area contributed by atoms with Crippen molar-refractivity contribution in [2.45, 2.75) is 19.8 Å². The second kappa shape index (κ2) is 6.05. The molecule has 1 aliphatic rings. The summed E-state index contributed by atoms with van der Waals surface area (Å²) in [5.74, 6) is 6.10. The van der Waals surface area contributed by atoms with Crippen LogP contribution in [-0.2, 0) is 9.59 Å². The maximum atomic E-state index is 11.3. The minimum absolute atomic E-state index is 0.0957. The molecule has 0 spiro atoms. The van der Waals surface area contributed by atoms with Crippen LogP contribution in [-0.4, -0.2) is 18.4 Å². The maximum Gasteiger partial charge on any atom is 0.223 e. The Kier molecular flexibility index (Phi) is 4.19. The molecule has 0 unspecified atom stereocenters. The van der Waals surface area contributed by atoms with E-state index in [1.807, 2.05) is 12.1 Å². The molecule has 0 aliphatic heterocycles. The van der Waals surface area contributed by atoms with Gasteiger partial charge in [-0.05, 0) is 37.1 Å². The number of anilines is 1. The lowest BCUT2D eigenvalue weighted by Crippen LogP contribution is -2.24. The fourth-order valence-electron chi connectivity index (χ4n) is 1.61. The van der Waals surface area contributed by atoms with Crippen LogP contribution in [0.4, 0.5) is 5.69 Å². The van der Waals surface area contributed by atoms with Gasteiger partial charge in [0.25, 0.3) is 0 Å². The fourth-order valence-corrected chi connectivity index (χ4v) is 1.61. The molecule has 0 heterocycles. The fraction of sp³-hybridized carbons (Fsp3) is 0.333. The molecule has 1 aromatic carbocycles. The van der Waals surface area contributed by atoms with E-state index in [-0.39, 0.29) is 17.7 Å². The minimum atomic E-state index is -0.0957. The quantitative estimate of drug-likeness (QED) is 0.806. The van der Waals surface area contributed by atoms with Gasteiger partial charge >= 0.3 is 0 Å². The number of carbonyl (C=O) groups excluding carboxylic acids is 2. The second-order valence-electron chi connectivity index (χ2n) is 4.55. The van der Waals surface area contributed by atoms with Gasteiger partial charge < -0.3 is 10.6 Å². The van der Waals surface area contributed by atoms with Crippen molar-refractivity contribution in [3.8, 4) is 11.8 Å². The highest BCUT2D eigenvalue weighted by Crippen LogP contribution is 2.28. The zero-order chi connectivity index (χ0) is 13.7. The Morgan fingerprint density at radius 2 is 1.95 bits per heavy atom. The minimum Gasteiger partial charge on any atom is -0.345 e. The molecule has 0 saturated heterocycles. The number of nitrogens with one attached hydrogen (secondary N) is 2. The van der Waals surface area contributed by atoms with Crippen molar-refractivity contribution in [2.24, 2.45) is 5.92 Å². The van der Waals surface area contributed by atoms with Crippen molar-refractivity contribution in [1.29, 1.82) is 0 Å². The van der Waals surface area contributed by atoms with Crippen LogP contribution in [0.5, 0.6) is 0 Å². The Bertz CT molecular complexity index is 534. The Labute approximate surface area is 112 Å². The summed E-state index contributed by atoms with van der Waals surface area (Å²) in [4.78, 5) is 22.2. The third kappa shape index (κ3) is 4.47. The summed E-state index contributed by atoms with van der Waals surface area (Å²) in [7, 11) is 0. The van der Waals surface area contributed by atoms with Crippen LogP contribution in [0, 0.1) is 17.8 Å². The monoisotopic (exact) mass is 256 g/mol. The molecule has 0 atom stereocenters. The van der Waals surface area contributed by atoms with Crippen molar-refractivity contribution in [2.75, 3.05) is 11.9 Å². The molecule has 1 fully saturated rings. The average Bonchev–Trinajstić information content (AvgIpc) is 3.20. The third-order valence-electron chi connectivity index (χ3n) is 2.74. The summed E-state index contributed by atoms with van der Waals surface area (Å²) in [6.07, 6.45) is 2.01. The molecular formula is C15H16N2O2. The standard InChI is InChI=1S/C15H16N2O2/c1-11(18)17-14-8-4-12(5-9-14)3-2-10-16-15(19)13-6-7-13/h4-5,8-9,13H,6-7,10H2,1H3,(H,16,19)(H,17,18). The summed E-state index contributed by atoms with van der Waals surface area (Å²) in [6.45, 7) is 1.85. The van der Waals surface area contributed by atoms with Gasteiger partial charge in [-0.2, -0.15) is 0 Å². The van der Waals surface area contributed by atoms with Gasteiger partial charge in [-0.3, -0.25) is 9.59 Å². The van der Waals surface area contributed by atoms with E-state index in [1.54, 1.807) is 12.1 Å². The van der Waals surface area contributed by atoms with Crippen LogP contribution in [0.2, 0.25) is 0 Å². The first-order valence-corrected chi connectivity index (χ1v) is 6.29. The second-order valence-corrected chi connectivity index (χ2v) is 4.55. The van der Waals surface area contributed by atoms with E-state index in [9.17, 15) is 9.59 Å². The molecule has 4 heteroatoms. The van der Waals surface area contributed by atoms with Gasteiger partial charge in [0.05, 0.1) is 6.54 Å². The molecule has 2 amide bonds. The van der Waals surface area contributed by atoms with E-state index in [0.717, 1.165) is 24.1 Å². The number of benzene rings is 1. The van der Waals surface area contributed by atoms with Crippen molar-refractivity contribution in [3.63, 3.8) is 0 Å². The molecule has 0 bridgehead atoms. The molecule has 4 nitrogen and oxygen atoms in total. The highest BCUT2D eigenvalue weighted by Gasteiger charge is 2.28. The first-order chi connectivity index (χ1) is 9.15. The number of rotatable bonds is 3. The molecular weight excluding hydrogens is 240 g/mol. The number of amides is 2. The van der Waals surface area contributed by atoms with Gasteiger partial charge in [0.2, 0.25) is 11.8 Å². The van der Waals surface area contributed by atoms with E-state index < -0.39 is 0 Å². The zero-order valence-electron chi connectivity index (χ0n) is 10.8. The highest BCUT2D eigenvalue weighted by molar-refractivity contribution is 5.88. The van der Waals surface area contributed by atoms with E-state index >= 15 is 0 Å². The maximum absolute atomic E-state index is 11.3. The van der Waals surface area contributed by atoms with Gasteiger partial charge in [-0.25, -0.2) is 0 Å². The lowest BCUT2D eigenvalue weighted by Gasteiger charge is -2.00. The molecule has 2 rings (SSSR count). The van der Waals surface area contributed by atoms with E-state index in [4.69, 9.17) is 0 Å². The van der Waals surface area contributed by atoms with Crippen molar-refractivity contribution >= 4 is 17.5 Å². The van der Waals surface area contributed by atoms with Crippen LogP contribution in [0.15, 0.2) is 24.3 Å². The summed E-state index contributed by atoms with van der Waals surface area (Å²) in [5.41, 5.74) is 1.61. The predicted octanol–water partition coefficient (Wildman–Crippen LogP) is 1.52. The Hall–Kier alpha value is -2.28. The van der Waals surface area contributed by atoms with Gasteiger partial charge in [0.15, 0.2) is 0 Å². The molecule has 19 heavy (non-hydrogen) atoms. The summed E-state index contributed by atoms with van der Waals surface area (Å²) in [6, 6.07) is 7.27. The summed E-state index contributed by atoms with van der Waals surface area (Å²) in [5, 5.41) is 5.47. The van der Waals surface area contributed by atoms with Gasteiger partial charge in [-0.15, -0.1) is 0 Å². The number of hydrogen-bond donors (Lipinski definition) is 2. The molecule has 0 aromatic heterocycles. The Morgan fingerprint density at radius 1 is 1.26 bits per heavy atom. The zero-order valence-corrected chi connectivity index (χ0v) is 10.8. The first kappa shape index (κ1) is 13.2. The van der Waals surface area contributed by atoms with Crippen molar-refractivity contribution in [3.05, 3.63) is 29.8 Å². The van der Waals surface area contributed by atoms with Crippen LogP contribution in [0.25, 0.3) is 0 Å². The van der Waals surface area contributed by atoms with Crippen molar-refractivity contribution in [1.82, 2.24) is 5.32 Å². The van der Waals surface area contributed by atoms with Crippen molar-refractivity contribution < 1.29 is 9.59 Å². The first-order valence-electron chi connectivity index (χ1n) is 6.29. The number of carbonyl (C=O) groups is 2. The number of hydrogen-bond acceptors (Lipinski definition) is 2. The van der Waals surface area contributed by atoms with Gasteiger partial charge in [-0.1, -0.05) is 11.8 Å². The van der Waals surface area contributed by atoms with Crippen LogP contribution < -0.4 is 10.6 Å². The molecule has 1 saturated carbocycles. The van der Waals surface area contributed by atoms with Crippen LogP contribution >= 0.6 is 0 Å². The summed E-state index contributed by atoms with van der Waals surface area (Å²) < 4.78 is 0. The Balaban J connectivity index is 1.81. The molecule has 2 N–H and O–H groups in total. The Morgan fingerprint density at radius 3 is 2.53 bits per heavy atom. The predicted molar refractivity (Wildman–Crippen MR) is 73.4 cm³/mol. The van der Waals surface area contributed by atoms with E-state index in [1.165, 1.54) is 6.92 Å². The molecule has 98 valence electrons. The average molecular weight is 256 g/mol. The normalized spacial score (nSPS) is 13.1. The van der Waals surface area contributed by atoms with Gasteiger partial charge in [0, 0.05) is 24.1 Å². The van der Waals surface area contributed by atoms with Crippen LogP contribution in [0.1, 0.15) is 25.3 Å². The lowest BCUT2D eigenvalue weighted by atomic mass is 10.2. The van der Waals surface area contributed by atoms with Gasteiger partial charge in [0.1, 0.15) is 0 Å². The molecule has 1 aromatic rings. The molecule has 1 aliphatic carbocycles. The molecule has 0 radical (unpaired) electrons. The highest BCUT2D eigenvalue weighted by atomic mass is 16.2. The van der Waals surface area contributed by atoms with Crippen LogP contribution in [0.3, 0.4) is 0 Å². The smallest absolute Gasteiger partial charge is 0.223 e. The van der Waals surface area contributed by atoms with E-state index in [2.05, 4.69) is 22.5 Å². The third-order valence-corrected chi connectivity index (χ3v) is 2.74. The largest absolute Gasteiger partial charge is 0.345 e. The summed E-state index contributed by atoms with van der Waals surface area (Å²) >= 11 is 0. The SMILES string of the molecule is CC(=O)Nc1ccc(C#CCNC(=O)C2CC2)cc1. The van der Waals surface area contributed by atoms with E-state index in [0.29, 0.717) is 6.54 Å². The lowest BCUT2D eigenvalue weighted by molar-refractivity contribution is -0.122. The topological polar surface area (TPSA) is 58.2 Å².